The fourth-order valence-electron chi connectivity index (χ4n) is 4.44. The van der Waals surface area contributed by atoms with Gasteiger partial charge >= 0.3 is 0 Å². The second-order valence-corrected chi connectivity index (χ2v) is 8.47. The van der Waals surface area contributed by atoms with Gasteiger partial charge in [0.2, 0.25) is 0 Å². The molecule has 3 nitrogen and oxygen atoms in total. The summed E-state index contributed by atoms with van der Waals surface area (Å²) in [7, 11) is 2.01. The van der Waals surface area contributed by atoms with Crippen LogP contribution in [-0.4, -0.2) is 48.3 Å². The first-order valence-electron chi connectivity index (χ1n) is 8.94. The van der Waals surface area contributed by atoms with E-state index in [4.69, 9.17) is 0 Å². The zero-order valence-electron chi connectivity index (χ0n) is 14.6. The number of rotatable bonds is 3. The molecule has 1 saturated carbocycles. The largest absolute Gasteiger partial charge is 0.394 e. The first kappa shape index (κ1) is 17.2. The van der Waals surface area contributed by atoms with Gasteiger partial charge in [-0.2, -0.15) is 0 Å². The summed E-state index contributed by atoms with van der Waals surface area (Å²) in [5.74, 6) is 0.859. The Bertz CT molecular complexity index is 320. The molecule has 0 bridgehead atoms. The average molecular weight is 296 g/mol. The molecule has 21 heavy (non-hydrogen) atoms. The van der Waals surface area contributed by atoms with Crippen molar-refractivity contribution in [3.8, 4) is 0 Å². The second-order valence-electron chi connectivity index (χ2n) is 8.47. The van der Waals surface area contributed by atoms with Crippen molar-refractivity contribution in [1.82, 2.24) is 10.2 Å². The Kier molecular flexibility index (Phi) is 5.72. The van der Waals surface area contributed by atoms with Gasteiger partial charge in [-0.3, -0.25) is 0 Å². The Morgan fingerprint density at radius 1 is 1.14 bits per heavy atom. The lowest BCUT2D eigenvalue weighted by atomic mass is 9.76. The third-order valence-corrected chi connectivity index (χ3v) is 6.16. The summed E-state index contributed by atoms with van der Waals surface area (Å²) in [4.78, 5) is 2.73. The summed E-state index contributed by atoms with van der Waals surface area (Å²) in [5.41, 5.74) is 0.418. The third kappa shape index (κ3) is 4.20. The van der Waals surface area contributed by atoms with E-state index in [0.717, 1.165) is 18.8 Å². The fraction of sp³-hybridized carbons (Fsp3) is 1.00. The molecule has 3 unspecified atom stereocenters. The third-order valence-electron chi connectivity index (χ3n) is 6.16. The molecule has 0 aromatic heterocycles. The lowest BCUT2D eigenvalue weighted by Gasteiger charge is -2.44. The van der Waals surface area contributed by atoms with Crippen molar-refractivity contribution in [1.29, 1.82) is 0 Å². The van der Waals surface area contributed by atoms with Crippen molar-refractivity contribution >= 4 is 0 Å². The molecule has 2 fully saturated rings. The minimum Gasteiger partial charge on any atom is -0.394 e. The fourth-order valence-corrected chi connectivity index (χ4v) is 4.44. The zero-order valence-corrected chi connectivity index (χ0v) is 14.6. The number of nitrogens with one attached hydrogen (secondary N) is 1. The molecule has 124 valence electrons. The molecule has 1 heterocycles. The van der Waals surface area contributed by atoms with E-state index in [1.165, 1.54) is 45.2 Å². The predicted molar refractivity (Wildman–Crippen MR) is 89.5 cm³/mol. The molecule has 2 N–H and O–H groups in total. The Morgan fingerprint density at radius 2 is 1.90 bits per heavy atom. The molecule has 2 rings (SSSR count). The van der Waals surface area contributed by atoms with Crippen molar-refractivity contribution in [2.24, 2.45) is 11.3 Å². The molecule has 1 aliphatic heterocycles. The molecule has 0 amide bonds. The summed E-state index contributed by atoms with van der Waals surface area (Å²) >= 11 is 0. The maximum absolute atomic E-state index is 9.78. The van der Waals surface area contributed by atoms with E-state index in [1.807, 2.05) is 7.05 Å². The van der Waals surface area contributed by atoms with Gasteiger partial charge in [0.15, 0.2) is 0 Å². The van der Waals surface area contributed by atoms with Crippen LogP contribution < -0.4 is 5.32 Å². The van der Waals surface area contributed by atoms with Crippen LogP contribution in [0.15, 0.2) is 0 Å². The number of aliphatic hydroxyl groups excluding tert-OH is 1. The molecular formula is C18H36N2O. The van der Waals surface area contributed by atoms with E-state index in [9.17, 15) is 5.11 Å². The van der Waals surface area contributed by atoms with Crippen LogP contribution in [0.3, 0.4) is 0 Å². The Labute approximate surface area is 131 Å². The van der Waals surface area contributed by atoms with E-state index < -0.39 is 0 Å². The number of aliphatic hydroxyl groups is 1. The number of likely N-dealkylation sites (N-methyl/N-ethyl adjacent to an activating group) is 1. The number of likely N-dealkylation sites (tertiary alicyclic amines) is 1. The van der Waals surface area contributed by atoms with Gasteiger partial charge in [0.25, 0.3) is 0 Å². The van der Waals surface area contributed by atoms with E-state index in [-0.39, 0.29) is 12.1 Å². The summed E-state index contributed by atoms with van der Waals surface area (Å²) in [5, 5.41) is 13.2. The van der Waals surface area contributed by atoms with Gasteiger partial charge in [0, 0.05) is 11.6 Å². The minimum atomic E-state index is -0.0291. The molecule has 1 aliphatic carbocycles. The molecule has 3 atom stereocenters. The topological polar surface area (TPSA) is 35.5 Å². The van der Waals surface area contributed by atoms with Crippen molar-refractivity contribution in [2.45, 2.75) is 77.3 Å². The lowest BCUT2D eigenvalue weighted by Crippen LogP contribution is -2.54. The summed E-state index contributed by atoms with van der Waals surface area (Å²) in [6, 6.07) is 0.664. The quantitative estimate of drug-likeness (QED) is 0.840. The van der Waals surface area contributed by atoms with Crippen LogP contribution in [0.5, 0.6) is 0 Å². The maximum Gasteiger partial charge on any atom is 0.0613 e. The van der Waals surface area contributed by atoms with Crippen LogP contribution in [0.2, 0.25) is 0 Å². The molecule has 0 aromatic rings. The normalized spacial score (nSPS) is 36.4. The smallest absolute Gasteiger partial charge is 0.0613 e. The Morgan fingerprint density at radius 3 is 2.52 bits per heavy atom. The van der Waals surface area contributed by atoms with E-state index in [2.05, 4.69) is 31.0 Å². The molecule has 3 heteroatoms. The Balaban J connectivity index is 1.96. The summed E-state index contributed by atoms with van der Waals surface area (Å²) < 4.78 is 0. The molecule has 1 saturated heterocycles. The number of nitrogens with zero attached hydrogens (tertiary/aromatic N) is 1. The van der Waals surface area contributed by atoms with Crippen LogP contribution in [0, 0.1) is 11.3 Å². The van der Waals surface area contributed by atoms with Crippen LogP contribution in [0.25, 0.3) is 0 Å². The second kappa shape index (κ2) is 6.97. The van der Waals surface area contributed by atoms with E-state index in [1.54, 1.807) is 0 Å². The molecule has 0 spiro atoms. The van der Waals surface area contributed by atoms with Gasteiger partial charge < -0.3 is 15.3 Å². The summed E-state index contributed by atoms with van der Waals surface area (Å²) in [6.07, 6.45) is 8.84. The molecule has 0 radical (unpaired) electrons. The number of hydrogen-bond acceptors (Lipinski definition) is 3. The predicted octanol–water partition coefficient (Wildman–Crippen LogP) is 3.03. The molecule has 0 aromatic carbocycles. The highest BCUT2D eigenvalue weighted by atomic mass is 16.3. The standard InChI is InChI=1S/C18H36N2O/c1-17(2,3)15-7-6-11-20(12-9-15)16-8-5-10-18(13-16,14-21)19-4/h15-16,19,21H,5-14H2,1-4H3. The van der Waals surface area contributed by atoms with Gasteiger partial charge in [-0.25, -0.2) is 0 Å². The van der Waals surface area contributed by atoms with Crippen LogP contribution in [0.1, 0.15) is 65.7 Å². The highest BCUT2D eigenvalue weighted by molar-refractivity contribution is 4.96. The van der Waals surface area contributed by atoms with Crippen molar-refractivity contribution < 1.29 is 5.11 Å². The van der Waals surface area contributed by atoms with Gasteiger partial charge in [0.1, 0.15) is 0 Å². The molecular weight excluding hydrogens is 260 g/mol. The highest BCUT2D eigenvalue weighted by Crippen LogP contribution is 2.37. The van der Waals surface area contributed by atoms with Crippen molar-refractivity contribution in [3.63, 3.8) is 0 Å². The lowest BCUT2D eigenvalue weighted by molar-refractivity contribution is 0.0636. The van der Waals surface area contributed by atoms with Gasteiger partial charge in [-0.1, -0.05) is 20.8 Å². The van der Waals surface area contributed by atoms with E-state index >= 15 is 0 Å². The van der Waals surface area contributed by atoms with Gasteiger partial charge in [-0.15, -0.1) is 0 Å². The van der Waals surface area contributed by atoms with Crippen LogP contribution >= 0.6 is 0 Å². The van der Waals surface area contributed by atoms with Crippen LogP contribution in [-0.2, 0) is 0 Å². The minimum absolute atomic E-state index is 0.0291. The number of hydrogen-bond donors (Lipinski definition) is 2. The highest BCUT2D eigenvalue weighted by Gasteiger charge is 2.37. The summed E-state index contributed by atoms with van der Waals surface area (Å²) in [6.45, 7) is 9.96. The Hall–Kier alpha value is -0.120. The van der Waals surface area contributed by atoms with Crippen molar-refractivity contribution in [2.75, 3.05) is 26.7 Å². The van der Waals surface area contributed by atoms with Crippen molar-refractivity contribution in [3.05, 3.63) is 0 Å². The SMILES string of the molecule is CNC1(CO)CCCC(N2CCCC(C(C)(C)C)CC2)C1. The molecule has 2 aliphatic rings. The van der Waals surface area contributed by atoms with Crippen LogP contribution in [0.4, 0.5) is 0 Å². The maximum atomic E-state index is 9.78. The zero-order chi connectivity index (χ0) is 15.5. The average Bonchev–Trinajstić information content (AvgIpc) is 2.73. The monoisotopic (exact) mass is 296 g/mol. The van der Waals surface area contributed by atoms with E-state index in [0.29, 0.717) is 11.5 Å². The van der Waals surface area contributed by atoms with Gasteiger partial charge in [-0.05, 0) is 76.4 Å². The van der Waals surface area contributed by atoms with Gasteiger partial charge in [0.05, 0.1) is 6.61 Å². The first-order valence-corrected chi connectivity index (χ1v) is 8.94. The first-order chi connectivity index (χ1) is 9.90.